The first-order valence-electron chi connectivity index (χ1n) is 6.31. The summed E-state index contributed by atoms with van der Waals surface area (Å²) < 4.78 is 4.99. The summed E-state index contributed by atoms with van der Waals surface area (Å²) in [6, 6.07) is 0. The summed E-state index contributed by atoms with van der Waals surface area (Å²) in [7, 11) is 0. The summed E-state index contributed by atoms with van der Waals surface area (Å²) in [5, 5.41) is 13.0. The molecule has 1 fully saturated rings. The van der Waals surface area contributed by atoms with E-state index in [9.17, 15) is 14.7 Å². The summed E-state index contributed by atoms with van der Waals surface area (Å²) in [6.07, 6.45) is 1.28. The highest BCUT2D eigenvalue weighted by Gasteiger charge is 2.40. The SMILES string of the molecule is Cc1noc(C)c1C(=O)N1CCCC(C)(C(=O)O)C1. The van der Waals surface area contributed by atoms with Crippen molar-refractivity contribution >= 4 is 11.9 Å². The maximum absolute atomic E-state index is 12.4. The molecule has 1 aliphatic rings. The van der Waals surface area contributed by atoms with E-state index in [0.717, 1.165) is 0 Å². The highest BCUT2D eigenvalue weighted by molar-refractivity contribution is 5.96. The zero-order chi connectivity index (χ0) is 14.2. The number of aryl methyl sites for hydroxylation is 2. The molecule has 0 aliphatic carbocycles. The topological polar surface area (TPSA) is 83.6 Å². The Morgan fingerprint density at radius 1 is 1.42 bits per heavy atom. The molecule has 1 N–H and O–H groups in total. The van der Waals surface area contributed by atoms with Crippen molar-refractivity contribution in [2.75, 3.05) is 13.1 Å². The Balaban J connectivity index is 2.23. The third kappa shape index (κ3) is 2.34. The molecule has 0 bridgehead atoms. The molecule has 1 aromatic rings. The van der Waals surface area contributed by atoms with Gasteiger partial charge in [-0.15, -0.1) is 0 Å². The van der Waals surface area contributed by atoms with Crippen molar-refractivity contribution < 1.29 is 19.2 Å². The fourth-order valence-electron chi connectivity index (χ4n) is 2.53. The highest BCUT2D eigenvalue weighted by atomic mass is 16.5. The predicted octanol–water partition coefficient (Wildman–Crippen LogP) is 1.62. The highest BCUT2D eigenvalue weighted by Crippen LogP contribution is 2.31. The largest absolute Gasteiger partial charge is 0.481 e. The third-order valence-corrected chi connectivity index (χ3v) is 3.75. The number of aliphatic carboxylic acids is 1. The van der Waals surface area contributed by atoms with Gasteiger partial charge >= 0.3 is 5.97 Å². The molecular formula is C13H18N2O4. The van der Waals surface area contributed by atoms with Gasteiger partial charge in [-0.1, -0.05) is 5.16 Å². The lowest BCUT2D eigenvalue weighted by molar-refractivity contribution is -0.150. The van der Waals surface area contributed by atoms with Crippen molar-refractivity contribution in [3.63, 3.8) is 0 Å². The number of hydrogen-bond donors (Lipinski definition) is 1. The quantitative estimate of drug-likeness (QED) is 0.879. The second-order valence-electron chi connectivity index (χ2n) is 5.40. The number of aromatic nitrogens is 1. The number of amides is 1. The van der Waals surface area contributed by atoms with Gasteiger partial charge in [0.25, 0.3) is 5.91 Å². The molecule has 1 aliphatic heterocycles. The normalized spacial score (nSPS) is 23.4. The molecule has 104 valence electrons. The number of rotatable bonds is 2. The predicted molar refractivity (Wildman–Crippen MR) is 66.9 cm³/mol. The van der Waals surface area contributed by atoms with Gasteiger partial charge in [-0.3, -0.25) is 9.59 Å². The Labute approximate surface area is 111 Å². The molecule has 6 nitrogen and oxygen atoms in total. The average molecular weight is 266 g/mol. The van der Waals surface area contributed by atoms with Crippen LogP contribution in [0.3, 0.4) is 0 Å². The first kappa shape index (κ1) is 13.6. The first-order chi connectivity index (χ1) is 8.85. The van der Waals surface area contributed by atoms with Gasteiger partial charge in [0, 0.05) is 13.1 Å². The van der Waals surface area contributed by atoms with Crippen LogP contribution in [-0.4, -0.2) is 40.1 Å². The van der Waals surface area contributed by atoms with Gasteiger partial charge in [0.1, 0.15) is 11.3 Å². The van der Waals surface area contributed by atoms with Gasteiger partial charge in [0.05, 0.1) is 11.1 Å². The Hall–Kier alpha value is -1.85. The summed E-state index contributed by atoms with van der Waals surface area (Å²) in [4.78, 5) is 25.3. The lowest BCUT2D eigenvalue weighted by Crippen LogP contribution is -2.48. The number of carbonyl (C=O) groups is 2. The fourth-order valence-corrected chi connectivity index (χ4v) is 2.53. The standard InChI is InChI=1S/C13H18N2O4/c1-8-10(9(2)19-14-8)11(16)15-6-4-5-13(3,7-15)12(17)18/h4-7H2,1-3H3,(H,17,18). The number of carbonyl (C=O) groups excluding carboxylic acids is 1. The van der Waals surface area contributed by atoms with Crippen LogP contribution in [0.2, 0.25) is 0 Å². The Morgan fingerprint density at radius 3 is 2.63 bits per heavy atom. The molecule has 1 aromatic heterocycles. The molecule has 0 saturated carbocycles. The Kier molecular flexibility index (Phi) is 3.34. The maximum Gasteiger partial charge on any atom is 0.311 e. The molecule has 0 spiro atoms. The zero-order valence-corrected chi connectivity index (χ0v) is 11.4. The molecule has 0 radical (unpaired) electrons. The molecule has 0 aromatic carbocycles. The molecule has 6 heteroatoms. The lowest BCUT2D eigenvalue weighted by atomic mass is 9.82. The van der Waals surface area contributed by atoms with Crippen LogP contribution in [0, 0.1) is 19.3 Å². The Bertz CT molecular complexity index is 503. The molecule has 1 atom stereocenters. The monoisotopic (exact) mass is 266 g/mol. The van der Waals surface area contributed by atoms with E-state index in [2.05, 4.69) is 5.16 Å². The van der Waals surface area contributed by atoms with Gasteiger partial charge in [-0.25, -0.2) is 0 Å². The minimum atomic E-state index is -0.868. The van der Waals surface area contributed by atoms with Gasteiger partial charge in [-0.05, 0) is 33.6 Å². The smallest absolute Gasteiger partial charge is 0.311 e. The van der Waals surface area contributed by atoms with E-state index in [0.29, 0.717) is 36.4 Å². The van der Waals surface area contributed by atoms with Crippen molar-refractivity contribution in [1.82, 2.24) is 10.1 Å². The van der Waals surface area contributed by atoms with Crippen LogP contribution in [0.4, 0.5) is 0 Å². The van der Waals surface area contributed by atoms with Crippen LogP contribution in [0.25, 0.3) is 0 Å². The van der Waals surface area contributed by atoms with Gasteiger partial charge in [0.15, 0.2) is 0 Å². The Morgan fingerprint density at radius 2 is 2.11 bits per heavy atom. The van der Waals surface area contributed by atoms with E-state index in [-0.39, 0.29) is 12.5 Å². The molecule has 1 saturated heterocycles. The van der Waals surface area contributed by atoms with Crippen molar-refractivity contribution in [2.24, 2.45) is 5.41 Å². The first-order valence-corrected chi connectivity index (χ1v) is 6.31. The van der Waals surface area contributed by atoms with E-state index in [4.69, 9.17) is 4.52 Å². The summed E-state index contributed by atoms with van der Waals surface area (Å²) in [5.41, 5.74) is 0.132. The number of piperidine rings is 1. The summed E-state index contributed by atoms with van der Waals surface area (Å²) in [6.45, 7) is 5.89. The molecule has 1 amide bonds. The van der Waals surface area contributed by atoms with Gasteiger partial charge in [0.2, 0.25) is 0 Å². The molecule has 19 heavy (non-hydrogen) atoms. The maximum atomic E-state index is 12.4. The van der Waals surface area contributed by atoms with Crippen molar-refractivity contribution in [1.29, 1.82) is 0 Å². The molecule has 2 rings (SSSR count). The van der Waals surface area contributed by atoms with E-state index >= 15 is 0 Å². The summed E-state index contributed by atoms with van der Waals surface area (Å²) in [5.74, 6) is -0.572. The van der Waals surface area contributed by atoms with Crippen LogP contribution >= 0.6 is 0 Å². The van der Waals surface area contributed by atoms with E-state index < -0.39 is 11.4 Å². The van der Waals surface area contributed by atoms with Crippen molar-refractivity contribution in [2.45, 2.75) is 33.6 Å². The van der Waals surface area contributed by atoms with Gasteiger partial charge in [-0.2, -0.15) is 0 Å². The number of carboxylic acids is 1. The average Bonchev–Trinajstić information content (AvgIpc) is 2.68. The van der Waals surface area contributed by atoms with Gasteiger partial charge < -0.3 is 14.5 Å². The van der Waals surface area contributed by atoms with E-state index in [1.807, 2.05) is 0 Å². The fraction of sp³-hybridized carbons (Fsp3) is 0.615. The second-order valence-corrected chi connectivity index (χ2v) is 5.40. The minimum absolute atomic E-state index is 0.191. The second kappa shape index (κ2) is 4.68. The van der Waals surface area contributed by atoms with Crippen molar-refractivity contribution in [3.8, 4) is 0 Å². The van der Waals surface area contributed by atoms with Crippen LogP contribution in [0.1, 0.15) is 41.6 Å². The zero-order valence-electron chi connectivity index (χ0n) is 11.4. The number of hydrogen-bond acceptors (Lipinski definition) is 4. The number of nitrogens with zero attached hydrogens (tertiary/aromatic N) is 2. The van der Waals surface area contributed by atoms with Crippen LogP contribution in [0.5, 0.6) is 0 Å². The van der Waals surface area contributed by atoms with E-state index in [1.165, 1.54) is 0 Å². The number of carboxylic acid groups (broad SMARTS) is 1. The van der Waals surface area contributed by atoms with Crippen LogP contribution < -0.4 is 0 Å². The summed E-state index contributed by atoms with van der Waals surface area (Å²) >= 11 is 0. The molecule has 1 unspecified atom stereocenters. The van der Waals surface area contributed by atoms with Crippen molar-refractivity contribution in [3.05, 3.63) is 17.0 Å². The van der Waals surface area contributed by atoms with E-state index in [1.54, 1.807) is 25.7 Å². The molecule has 2 heterocycles. The molecular weight excluding hydrogens is 248 g/mol. The van der Waals surface area contributed by atoms with Crippen LogP contribution in [0.15, 0.2) is 4.52 Å². The lowest BCUT2D eigenvalue weighted by Gasteiger charge is -2.37. The number of likely N-dealkylation sites (tertiary alicyclic amines) is 1. The third-order valence-electron chi connectivity index (χ3n) is 3.75. The minimum Gasteiger partial charge on any atom is -0.481 e. The van der Waals surface area contributed by atoms with Crippen LogP contribution in [-0.2, 0) is 4.79 Å².